The minimum Gasteiger partial charge on any atom is -0.378 e. The van der Waals surface area contributed by atoms with Crippen LogP contribution < -0.4 is 15.8 Å². The van der Waals surface area contributed by atoms with E-state index in [9.17, 15) is 9.59 Å². The van der Waals surface area contributed by atoms with Gasteiger partial charge in [0.15, 0.2) is 5.13 Å². The Balaban J connectivity index is 1.31. The number of hydrazine groups is 1. The van der Waals surface area contributed by atoms with E-state index >= 15 is 0 Å². The number of nitrogens with zero attached hydrogens (tertiary/aromatic N) is 3. The van der Waals surface area contributed by atoms with Gasteiger partial charge in [0.05, 0.1) is 13.2 Å². The van der Waals surface area contributed by atoms with Gasteiger partial charge >= 0.3 is 0 Å². The Morgan fingerprint density at radius 2 is 1.91 bits per heavy atom. The number of rotatable bonds is 5. The highest BCUT2D eigenvalue weighted by atomic mass is 32.1. The molecular weight excluding hydrogens is 426 g/mol. The molecule has 2 N–H and O–H groups in total. The fraction of sp³-hybridized carbons (Fsp3) is 0.522. The van der Waals surface area contributed by atoms with Crippen LogP contribution in [0.4, 0.5) is 5.13 Å². The highest BCUT2D eigenvalue weighted by Gasteiger charge is 2.20. The summed E-state index contributed by atoms with van der Waals surface area (Å²) in [6.07, 6.45) is 9.58. The summed E-state index contributed by atoms with van der Waals surface area (Å²) in [6.45, 7) is 7.07. The maximum Gasteiger partial charge on any atom is 0.289 e. The maximum absolute atomic E-state index is 12.3. The van der Waals surface area contributed by atoms with Crippen molar-refractivity contribution in [3.8, 4) is 0 Å². The Morgan fingerprint density at radius 1 is 1.16 bits per heavy atom. The molecule has 0 aromatic carbocycles. The van der Waals surface area contributed by atoms with Crippen LogP contribution in [0, 0.1) is 13.8 Å². The van der Waals surface area contributed by atoms with Crippen molar-refractivity contribution in [2.45, 2.75) is 52.0 Å². The molecule has 0 unspecified atom stereocenters. The minimum atomic E-state index is -0.432. The summed E-state index contributed by atoms with van der Waals surface area (Å²) < 4.78 is 7.75. The number of anilines is 1. The standard InChI is InChI=1S/C23H31N5O3S/c1-16-14-18(17(2)28(16)19-6-4-3-5-7-19)8-9-21(29)25-26-22(30)20-15-32-23(24-20)27-10-12-31-13-11-27/h8-9,14-15,19H,3-7,10-13H2,1-2H3,(H,25,29)(H,26,30)/b9-8+. The summed E-state index contributed by atoms with van der Waals surface area (Å²) in [5, 5.41) is 2.49. The molecule has 0 bridgehead atoms. The van der Waals surface area contributed by atoms with Crippen molar-refractivity contribution in [3.63, 3.8) is 0 Å². The minimum absolute atomic E-state index is 0.289. The molecule has 2 fully saturated rings. The van der Waals surface area contributed by atoms with E-state index < -0.39 is 5.91 Å². The Bertz CT molecular complexity index is 984. The molecule has 8 nitrogen and oxygen atoms in total. The number of hydrogen-bond donors (Lipinski definition) is 2. The van der Waals surface area contributed by atoms with Crippen LogP contribution in [0.25, 0.3) is 6.08 Å². The molecule has 1 saturated carbocycles. The molecule has 1 saturated heterocycles. The molecule has 9 heteroatoms. The van der Waals surface area contributed by atoms with Crippen molar-refractivity contribution in [3.05, 3.63) is 40.2 Å². The van der Waals surface area contributed by atoms with E-state index in [1.165, 1.54) is 60.9 Å². The largest absolute Gasteiger partial charge is 0.378 e. The van der Waals surface area contributed by atoms with Gasteiger partial charge in [-0.25, -0.2) is 4.98 Å². The van der Waals surface area contributed by atoms with Crippen LogP contribution in [-0.4, -0.2) is 47.7 Å². The lowest BCUT2D eigenvalue weighted by Crippen LogP contribution is -2.41. The summed E-state index contributed by atoms with van der Waals surface area (Å²) in [7, 11) is 0. The molecule has 3 heterocycles. The van der Waals surface area contributed by atoms with Crippen LogP contribution >= 0.6 is 11.3 Å². The number of carbonyl (C=O) groups is 2. The predicted octanol–water partition coefficient (Wildman–Crippen LogP) is 3.38. The van der Waals surface area contributed by atoms with Crippen molar-refractivity contribution in [1.82, 2.24) is 20.4 Å². The first-order valence-electron chi connectivity index (χ1n) is 11.3. The van der Waals surface area contributed by atoms with E-state index in [1.54, 1.807) is 5.38 Å². The van der Waals surface area contributed by atoms with Gasteiger partial charge in [0.25, 0.3) is 11.8 Å². The van der Waals surface area contributed by atoms with Crippen molar-refractivity contribution < 1.29 is 14.3 Å². The van der Waals surface area contributed by atoms with Gasteiger partial charge in [0.1, 0.15) is 5.69 Å². The van der Waals surface area contributed by atoms with Crippen molar-refractivity contribution in [2.75, 3.05) is 31.2 Å². The van der Waals surface area contributed by atoms with Crippen molar-refractivity contribution in [1.29, 1.82) is 0 Å². The number of carbonyl (C=O) groups excluding carboxylic acids is 2. The highest BCUT2D eigenvalue weighted by molar-refractivity contribution is 7.13. The number of morpholine rings is 1. The van der Waals surface area contributed by atoms with E-state index in [0.29, 0.717) is 19.3 Å². The SMILES string of the molecule is Cc1cc(/C=C/C(=O)NNC(=O)c2csc(N3CCOCC3)n2)c(C)n1C1CCCCC1. The summed E-state index contributed by atoms with van der Waals surface area (Å²) in [5.74, 6) is -0.817. The Hall–Kier alpha value is -2.65. The molecule has 1 aliphatic carbocycles. The van der Waals surface area contributed by atoms with Gasteiger partial charge in [-0.1, -0.05) is 19.3 Å². The first-order chi connectivity index (χ1) is 15.5. The predicted molar refractivity (Wildman–Crippen MR) is 126 cm³/mol. The summed E-state index contributed by atoms with van der Waals surface area (Å²) in [6, 6.07) is 2.67. The highest BCUT2D eigenvalue weighted by Crippen LogP contribution is 2.32. The zero-order valence-electron chi connectivity index (χ0n) is 18.7. The number of amides is 2. The van der Waals surface area contributed by atoms with Crippen molar-refractivity contribution >= 4 is 34.4 Å². The van der Waals surface area contributed by atoms with Crippen molar-refractivity contribution in [2.24, 2.45) is 0 Å². The van der Waals surface area contributed by atoms with Crippen LogP contribution in [0.2, 0.25) is 0 Å². The molecule has 0 radical (unpaired) electrons. The summed E-state index contributed by atoms with van der Waals surface area (Å²) in [4.78, 5) is 31.1. The van der Waals surface area contributed by atoms with E-state index in [1.807, 2.05) is 6.08 Å². The van der Waals surface area contributed by atoms with E-state index in [2.05, 4.69) is 45.2 Å². The lowest BCUT2D eigenvalue weighted by molar-refractivity contribution is -0.117. The molecule has 2 aliphatic rings. The second-order valence-corrected chi connectivity index (χ2v) is 9.22. The average Bonchev–Trinajstić information content (AvgIpc) is 3.42. The second kappa shape index (κ2) is 10.3. The molecule has 0 atom stereocenters. The Kier molecular flexibility index (Phi) is 7.26. The molecule has 4 rings (SSSR count). The quantitative estimate of drug-likeness (QED) is 0.531. The summed E-state index contributed by atoms with van der Waals surface area (Å²) >= 11 is 1.41. The van der Waals surface area contributed by atoms with Crippen LogP contribution in [0.15, 0.2) is 17.5 Å². The molecule has 0 spiro atoms. The van der Waals surface area contributed by atoms with Gasteiger partial charge in [-0.05, 0) is 44.4 Å². The van der Waals surface area contributed by atoms with Gasteiger partial charge in [-0.2, -0.15) is 0 Å². The lowest BCUT2D eigenvalue weighted by atomic mass is 9.95. The number of hydrogen-bond acceptors (Lipinski definition) is 6. The van der Waals surface area contributed by atoms with Gasteiger partial charge in [0, 0.05) is 42.0 Å². The topological polar surface area (TPSA) is 88.5 Å². The average molecular weight is 458 g/mol. The fourth-order valence-electron chi connectivity index (χ4n) is 4.53. The lowest BCUT2D eigenvalue weighted by Gasteiger charge is -2.26. The zero-order valence-corrected chi connectivity index (χ0v) is 19.5. The number of thiazole rings is 1. The van der Waals surface area contributed by atoms with Gasteiger partial charge in [0.2, 0.25) is 0 Å². The third-order valence-electron chi connectivity index (χ3n) is 6.18. The molecule has 172 valence electrons. The molecule has 2 aromatic heterocycles. The second-order valence-electron chi connectivity index (χ2n) is 8.38. The maximum atomic E-state index is 12.3. The molecular formula is C23H31N5O3S. The third kappa shape index (κ3) is 5.21. The summed E-state index contributed by atoms with van der Waals surface area (Å²) in [5.41, 5.74) is 8.61. The number of ether oxygens (including phenoxy) is 1. The zero-order chi connectivity index (χ0) is 22.5. The van der Waals surface area contributed by atoms with E-state index in [-0.39, 0.29) is 11.6 Å². The Labute approximate surface area is 192 Å². The number of aromatic nitrogens is 2. The van der Waals surface area contributed by atoms with Crippen LogP contribution in [0.3, 0.4) is 0 Å². The fourth-order valence-corrected chi connectivity index (χ4v) is 5.39. The normalized spacial score (nSPS) is 17.6. The number of nitrogens with one attached hydrogen (secondary N) is 2. The van der Waals surface area contributed by atoms with Crippen LogP contribution in [-0.2, 0) is 9.53 Å². The first-order valence-corrected chi connectivity index (χ1v) is 12.2. The van der Waals surface area contributed by atoms with Gasteiger partial charge in [-0.3, -0.25) is 20.4 Å². The molecule has 2 aromatic rings. The van der Waals surface area contributed by atoms with Crippen LogP contribution in [0.1, 0.15) is 65.6 Å². The molecule has 2 amide bonds. The first kappa shape index (κ1) is 22.5. The van der Waals surface area contributed by atoms with Crippen LogP contribution in [0.5, 0.6) is 0 Å². The van der Waals surface area contributed by atoms with Gasteiger partial charge in [-0.15, -0.1) is 11.3 Å². The monoisotopic (exact) mass is 457 g/mol. The van der Waals surface area contributed by atoms with E-state index in [4.69, 9.17) is 4.74 Å². The van der Waals surface area contributed by atoms with E-state index in [0.717, 1.165) is 23.8 Å². The number of aryl methyl sites for hydroxylation is 1. The molecule has 32 heavy (non-hydrogen) atoms. The third-order valence-corrected chi connectivity index (χ3v) is 7.08. The smallest absolute Gasteiger partial charge is 0.289 e. The Morgan fingerprint density at radius 3 is 2.66 bits per heavy atom. The van der Waals surface area contributed by atoms with Gasteiger partial charge < -0.3 is 14.2 Å². The molecule has 1 aliphatic heterocycles.